The van der Waals surface area contributed by atoms with Crippen molar-refractivity contribution in [1.29, 1.82) is 0 Å². The standard InChI is InChI=1S/C9H11ClO/c10-9-4-6-1-2-7(3-6)8(9)5-11/h5-7H,1-4H2. The van der Waals surface area contributed by atoms with Crippen molar-refractivity contribution < 1.29 is 4.79 Å². The van der Waals surface area contributed by atoms with Gasteiger partial charge in [0.1, 0.15) is 6.29 Å². The van der Waals surface area contributed by atoms with Crippen molar-refractivity contribution in [2.45, 2.75) is 25.7 Å². The molecule has 0 spiro atoms. The van der Waals surface area contributed by atoms with Gasteiger partial charge in [-0.15, -0.1) is 0 Å². The molecular weight excluding hydrogens is 160 g/mol. The molecule has 11 heavy (non-hydrogen) atoms. The zero-order valence-electron chi connectivity index (χ0n) is 6.35. The van der Waals surface area contributed by atoms with Gasteiger partial charge < -0.3 is 0 Å². The van der Waals surface area contributed by atoms with Crippen molar-refractivity contribution in [3.63, 3.8) is 0 Å². The molecule has 1 saturated carbocycles. The van der Waals surface area contributed by atoms with Gasteiger partial charge >= 0.3 is 0 Å². The summed E-state index contributed by atoms with van der Waals surface area (Å²) in [6.07, 6.45) is 5.54. The summed E-state index contributed by atoms with van der Waals surface area (Å²) in [5.74, 6) is 1.27. The molecule has 2 rings (SSSR count). The molecule has 1 nitrogen and oxygen atoms in total. The molecule has 0 N–H and O–H groups in total. The Morgan fingerprint density at radius 1 is 1.45 bits per heavy atom. The summed E-state index contributed by atoms with van der Waals surface area (Å²) in [6, 6.07) is 0. The molecule has 2 atom stereocenters. The molecule has 0 aliphatic heterocycles. The highest BCUT2D eigenvalue weighted by atomic mass is 35.5. The van der Waals surface area contributed by atoms with Gasteiger partial charge in [-0.1, -0.05) is 11.6 Å². The Hall–Kier alpha value is -0.300. The second kappa shape index (κ2) is 2.63. The Morgan fingerprint density at radius 3 is 3.00 bits per heavy atom. The van der Waals surface area contributed by atoms with Gasteiger partial charge in [0.2, 0.25) is 0 Å². The van der Waals surface area contributed by atoms with Crippen molar-refractivity contribution in [3.05, 3.63) is 10.6 Å². The first-order chi connectivity index (χ1) is 5.31. The lowest BCUT2D eigenvalue weighted by molar-refractivity contribution is -0.105. The SMILES string of the molecule is O=CC1=C(Cl)CC2CCC1C2. The van der Waals surface area contributed by atoms with Crippen molar-refractivity contribution in [2.24, 2.45) is 11.8 Å². The predicted molar refractivity (Wildman–Crippen MR) is 44.4 cm³/mol. The minimum atomic E-state index is 0.499. The third kappa shape index (κ3) is 1.12. The normalized spacial score (nSPS) is 36.1. The average Bonchev–Trinajstić information content (AvgIpc) is 2.34. The highest BCUT2D eigenvalue weighted by Crippen LogP contribution is 2.45. The largest absolute Gasteiger partial charge is 0.298 e. The Labute approximate surface area is 71.4 Å². The van der Waals surface area contributed by atoms with Crippen LogP contribution in [0.4, 0.5) is 0 Å². The number of halogens is 1. The van der Waals surface area contributed by atoms with E-state index in [2.05, 4.69) is 0 Å². The van der Waals surface area contributed by atoms with Gasteiger partial charge in [0.15, 0.2) is 0 Å². The van der Waals surface area contributed by atoms with E-state index in [0.29, 0.717) is 5.92 Å². The topological polar surface area (TPSA) is 17.1 Å². The van der Waals surface area contributed by atoms with Crippen LogP contribution in [0.3, 0.4) is 0 Å². The fourth-order valence-electron chi connectivity index (χ4n) is 2.30. The van der Waals surface area contributed by atoms with Gasteiger partial charge in [-0.2, -0.15) is 0 Å². The van der Waals surface area contributed by atoms with Gasteiger partial charge in [0, 0.05) is 10.6 Å². The van der Waals surface area contributed by atoms with E-state index in [4.69, 9.17) is 11.6 Å². The number of hydrogen-bond donors (Lipinski definition) is 0. The molecule has 0 aromatic heterocycles. The van der Waals surface area contributed by atoms with Crippen LogP contribution < -0.4 is 0 Å². The van der Waals surface area contributed by atoms with Crippen LogP contribution in [0, 0.1) is 11.8 Å². The van der Waals surface area contributed by atoms with Crippen molar-refractivity contribution in [3.8, 4) is 0 Å². The molecule has 2 aliphatic carbocycles. The van der Waals surface area contributed by atoms with Crippen LogP contribution in [0.15, 0.2) is 10.6 Å². The minimum absolute atomic E-state index is 0.499. The zero-order valence-corrected chi connectivity index (χ0v) is 7.10. The molecule has 2 unspecified atom stereocenters. The van der Waals surface area contributed by atoms with Gasteiger partial charge in [-0.3, -0.25) is 4.79 Å². The molecular formula is C9H11ClO. The highest BCUT2D eigenvalue weighted by Gasteiger charge is 2.33. The molecule has 0 saturated heterocycles. The van der Waals surface area contributed by atoms with Gasteiger partial charge in [-0.05, 0) is 37.5 Å². The van der Waals surface area contributed by atoms with Gasteiger partial charge in [0.25, 0.3) is 0 Å². The maximum atomic E-state index is 10.6. The number of fused-ring (bicyclic) bond motifs is 2. The van der Waals surface area contributed by atoms with Crippen molar-refractivity contribution in [1.82, 2.24) is 0 Å². The number of hydrogen-bond acceptors (Lipinski definition) is 1. The third-order valence-electron chi connectivity index (χ3n) is 2.89. The molecule has 2 bridgehead atoms. The maximum absolute atomic E-state index is 10.6. The number of rotatable bonds is 1. The Bertz CT molecular complexity index is 220. The summed E-state index contributed by atoms with van der Waals surface area (Å²) in [5, 5.41) is 0.832. The fraction of sp³-hybridized carbons (Fsp3) is 0.667. The van der Waals surface area contributed by atoms with Crippen LogP contribution in [0.5, 0.6) is 0 Å². The zero-order chi connectivity index (χ0) is 7.84. The first-order valence-electron chi connectivity index (χ1n) is 4.15. The van der Waals surface area contributed by atoms with Crippen LogP contribution >= 0.6 is 11.6 Å². The lowest BCUT2D eigenvalue weighted by Crippen LogP contribution is -2.09. The van der Waals surface area contributed by atoms with Crippen LogP contribution in [0.1, 0.15) is 25.7 Å². The first-order valence-corrected chi connectivity index (χ1v) is 4.52. The molecule has 1 fully saturated rings. The van der Waals surface area contributed by atoms with Crippen molar-refractivity contribution >= 4 is 17.9 Å². The van der Waals surface area contributed by atoms with E-state index >= 15 is 0 Å². The van der Waals surface area contributed by atoms with Gasteiger partial charge in [0.05, 0.1) is 0 Å². The molecule has 0 aromatic carbocycles. The summed E-state index contributed by atoms with van der Waals surface area (Å²) in [6.45, 7) is 0. The second-order valence-electron chi connectivity index (χ2n) is 3.56. The Kier molecular flexibility index (Phi) is 1.76. The average molecular weight is 171 g/mol. The monoisotopic (exact) mass is 170 g/mol. The van der Waals surface area contributed by atoms with E-state index in [1.807, 2.05) is 0 Å². The van der Waals surface area contributed by atoms with E-state index < -0.39 is 0 Å². The predicted octanol–water partition coefficient (Wildman–Crippen LogP) is 2.50. The second-order valence-corrected chi connectivity index (χ2v) is 4.01. The van der Waals surface area contributed by atoms with E-state index in [9.17, 15) is 4.79 Å². The smallest absolute Gasteiger partial charge is 0.147 e. The number of aldehydes is 1. The molecule has 2 heteroatoms. The van der Waals surface area contributed by atoms with E-state index in [0.717, 1.165) is 29.2 Å². The summed E-state index contributed by atoms with van der Waals surface area (Å²) < 4.78 is 0. The molecule has 60 valence electrons. The lowest BCUT2D eigenvalue weighted by Gasteiger charge is -2.19. The minimum Gasteiger partial charge on any atom is -0.298 e. The van der Waals surface area contributed by atoms with Crippen LogP contribution in [-0.2, 0) is 4.79 Å². The first kappa shape index (κ1) is 7.35. The Balaban J connectivity index is 2.31. The van der Waals surface area contributed by atoms with Gasteiger partial charge in [-0.25, -0.2) is 0 Å². The summed E-state index contributed by atoms with van der Waals surface area (Å²) in [7, 11) is 0. The lowest BCUT2D eigenvalue weighted by atomic mass is 9.89. The Morgan fingerprint density at radius 2 is 2.27 bits per heavy atom. The number of carbonyl (C=O) groups is 1. The quantitative estimate of drug-likeness (QED) is 0.553. The molecule has 0 aromatic rings. The summed E-state index contributed by atoms with van der Waals surface area (Å²) in [5.41, 5.74) is 0.889. The number of carbonyl (C=O) groups excluding carboxylic acids is 1. The molecule has 0 amide bonds. The highest BCUT2D eigenvalue weighted by molar-refractivity contribution is 6.31. The third-order valence-corrected chi connectivity index (χ3v) is 3.26. The van der Waals surface area contributed by atoms with Crippen LogP contribution in [0.2, 0.25) is 0 Å². The summed E-state index contributed by atoms with van der Waals surface area (Å²) in [4.78, 5) is 10.6. The van der Waals surface area contributed by atoms with E-state index in [1.54, 1.807) is 0 Å². The van der Waals surface area contributed by atoms with E-state index in [-0.39, 0.29) is 0 Å². The maximum Gasteiger partial charge on any atom is 0.147 e. The molecule has 0 heterocycles. The number of allylic oxidation sites excluding steroid dienone is 2. The van der Waals surface area contributed by atoms with Crippen LogP contribution in [-0.4, -0.2) is 6.29 Å². The van der Waals surface area contributed by atoms with E-state index in [1.165, 1.54) is 19.3 Å². The molecule has 0 radical (unpaired) electrons. The van der Waals surface area contributed by atoms with Crippen molar-refractivity contribution in [2.75, 3.05) is 0 Å². The molecule has 2 aliphatic rings. The van der Waals surface area contributed by atoms with Crippen LogP contribution in [0.25, 0.3) is 0 Å². The summed E-state index contributed by atoms with van der Waals surface area (Å²) >= 11 is 5.96. The fourth-order valence-corrected chi connectivity index (χ4v) is 2.71.